The number of nitrogens with one attached hydrogen (secondary N) is 1. The number of rotatable bonds is 4. The summed E-state index contributed by atoms with van der Waals surface area (Å²) < 4.78 is 27.3. The van der Waals surface area contributed by atoms with Crippen molar-refractivity contribution in [3.05, 3.63) is 65.2 Å². The number of likely N-dealkylation sites (tertiary alicyclic amines) is 1. The lowest BCUT2D eigenvalue weighted by Crippen LogP contribution is -2.40. The summed E-state index contributed by atoms with van der Waals surface area (Å²) in [7, 11) is 0. The second-order valence-electron chi connectivity index (χ2n) is 6.53. The van der Waals surface area contributed by atoms with Crippen molar-refractivity contribution in [2.24, 2.45) is 5.92 Å². The molecule has 6 nitrogen and oxygen atoms in total. The zero-order chi connectivity index (χ0) is 20.3. The van der Waals surface area contributed by atoms with Crippen molar-refractivity contribution in [3.8, 4) is 0 Å². The van der Waals surface area contributed by atoms with Gasteiger partial charge in [0.2, 0.25) is 0 Å². The largest absolute Gasteiger partial charge is 0.481 e. The van der Waals surface area contributed by atoms with Gasteiger partial charge in [0.05, 0.1) is 5.92 Å². The lowest BCUT2D eigenvalue weighted by Gasteiger charge is -2.30. The fourth-order valence-corrected chi connectivity index (χ4v) is 3.12. The monoisotopic (exact) mass is 388 g/mol. The van der Waals surface area contributed by atoms with E-state index in [1.807, 2.05) is 0 Å². The molecule has 146 valence electrons. The molecule has 0 aromatic heterocycles. The van der Waals surface area contributed by atoms with Crippen molar-refractivity contribution in [1.82, 2.24) is 4.90 Å². The van der Waals surface area contributed by atoms with E-state index >= 15 is 0 Å². The summed E-state index contributed by atoms with van der Waals surface area (Å²) in [5.41, 5.74) is -0.0124. The maximum absolute atomic E-state index is 13.7. The Morgan fingerprint density at radius 3 is 2.07 bits per heavy atom. The fourth-order valence-electron chi connectivity index (χ4n) is 3.12. The Morgan fingerprint density at radius 2 is 1.54 bits per heavy atom. The summed E-state index contributed by atoms with van der Waals surface area (Å²) in [5.74, 6) is -4.37. The van der Waals surface area contributed by atoms with Crippen molar-refractivity contribution in [2.75, 3.05) is 18.4 Å². The molecule has 1 aliphatic heterocycles. The first kappa shape index (κ1) is 19.5. The smallest absolute Gasteiger partial charge is 0.306 e. The van der Waals surface area contributed by atoms with E-state index in [0.29, 0.717) is 31.5 Å². The molecule has 0 saturated carbocycles. The molecule has 8 heteroatoms. The Morgan fingerprint density at radius 1 is 0.964 bits per heavy atom. The number of amides is 2. The minimum atomic E-state index is -0.964. The van der Waals surface area contributed by atoms with Crippen LogP contribution in [0.25, 0.3) is 0 Å². The van der Waals surface area contributed by atoms with Crippen molar-refractivity contribution in [2.45, 2.75) is 12.8 Å². The summed E-state index contributed by atoms with van der Waals surface area (Å²) >= 11 is 0. The molecule has 1 fully saturated rings. The quantitative estimate of drug-likeness (QED) is 0.842. The number of carbonyl (C=O) groups excluding carboxylic acids is 2. The Labute approximate surface area is 159 Å². The summed E-state index contributed by atoms with van der Waals surface area (Å²) in [4.78, 5) is 37.2. The molecule has 0 atom stereocenters. The summed E-state index contributed by atoms with van der Waals surface area (Å²) in [6.45, 7) is 0.724. The maximum atomic E-state index is 13.7. The number of aliphatic carboxylic acids is 1. The third-order valence-corrected chi connectivity index (χ3v) is 4.71. The molecule has 0 spiro atoms. The Kier molecular flexibility index (Phi) is 5.67. The summed E-state index contributed by atoms with van der Waals surface area (Å²) in [6, 6.07) is 9.08. The molecule has 0 aliphatic carbocycles. The van der Waals surface area contributed by atoms with Crippen molar-refractivity contribution in [3.63, 3.8) is 0 Å². The van der Waals surface area contributed by atoms with E-state index in [4.69, 9.17) is 5.11 Å². The first-order valence-corrected chi connectivity index (χ1v) is 8.74. The van der Waals surface area contributed by atoms with Gasteiger partial charge in [-0.1, -0.05) is 6.07 Å². The molecule has 2 aromatic carbocycles. The minimum Gasteiger partial charge on any atom is -0.481 e. The predicted molar refractivity (Wildman–Crippen MR) is 97.0 cm³/mol. The van der Waals surface area contributed by atoms with Gasteiger partial charge in [-0.2, -0.15) is 0 Å². The SMILES string of the molecule is O=C(Nc1ccc(C(=O)N2CCC(C(=O)O)CC2)cc1)c1c(F)cccc1F. The summed E-state index contributed by atoms with van der Waals surface area (Å²) in [6.07, 6.45) is 0.812. The van der Waals surface area contributed by atoms with Gasteiger partial charge in [-0.05, 0) is 49.2 Å². The molecule has 0 unspecified atom stereocenters. The molecular weight excluding hydrogens is 370 g/mol. The van der Waals surface area contributed by atoms with Crippen LogP contribution in [0.15, 0.2) is 42.5 Å². The van der Waals surface area contributed by atoms with Crippen LogP contribution in [0.3, 0.4) is 0 Å². The topological polar surface area (TPSA) is 86.7 Å². The van der Waals surface area contributed by atoms with Gasteiger partial charge in [-0.25, -0.2) is 8.78 Å². The highest BCUT2D eigenvalue weighted by molar-refractivity contribution is 6.05. The third-order valence-electron chi connectivity index (χ3n) is 4.71. The standard InChI is InChI=1S/C20H18F2N2O4/c21-15-2-1-3-16(22)17(15)18(25)23-14-6-4-12(5-7-14)19(26)24-10-8-13(9-11-24)20(27)28/h1-7,13H,8-11H2,(H,23,25)(H,27,28). The molecule has 2 N–H and O–H groups in total. The van der Waals surface area contributed by atoms with Crippen LogP contribution < -0.4 is 5.32 Å². The Balaban J connectivity index is 1.64. The molecule has 1 heterocycles. The van der Waals surface area contributed by atoms with Crippen LogP contribution in [0.2, 0.25) is 0 Å². The number of benzene rings is 2. The van der Waals surface area contributed by atoms with Crippen LogP contribution in [0.4, 0.5) is 14.5 Å². The Bertz CT molecular complexity index is 887. The summed E-state index contributed by atoms with van der Waals surface area (Å²) in [5, 5.41) is 11.4. The van der Waals surface area contributed by atoms with Gasteiger partial charge in [-0.3, -0.25) is 14.4 Å². The average Bonchev–Trinajstić information content (AvgIpc) is 2.68. The van der Waals surface area contributed by atoms with Gasteiger partial charge in [0.15, 0.2) is 0 Å². The van der Waals surface area contributed by atoms with E-state index in [2.05, 4.69) is 5.32 Å². The van der Waals surface area contributed by atoms with Crippen molar-refractivity contribution < 1.29 is 28.3 Å². The van der Waals surface area contributed by atoms with Crippen LogP contribution >= 0.6 is 0 Å². The lowest BCUT2D eigenvalue weighted by molar-refractivity contribution is -0.143. The maximum Gasteiger partial charge on any atom is 0.306 e. The molecule has 2 aromatic rings. The third kappa shape index (κ3) is 4.16. The zero-order valence-corrected chi connectivity index (χ0v) is 14.8. The number of piperidine rings is 1. The van der Waals surface area contributed by atoms with Gasteiger partial charge in [0, 0.05) is 24.3 Å². The molecule has 2 amide bonds. The molecule has 28 heavy (non-hydrogen) atoms. The van der Waals surface area contributed by atoms with E-state index < -0.39 is 35.0 Å². The number of halogens is 2. The van der Waals surface area contributed by atoms with Gasteiger partial charge in [0.25, 0.3) is 11.8 Å². The van der Waals surface area contributed by atoms with Crippen LogP contribution in [0.5, 0.6) is 0 Å². The normalized spacial score (nSPS) is 14.6. The highest BCUT2D eigenvalue weighted by atomic mass is 19.1. The first-order chi connectivity index (χ1) is 13.4. The van der Waals surface area contributed by atoms with Crippen LogP contribution in [0.1, 0.15) is 33.6 Å². The highest BCUT2D eigenvalue weighted by Gasteiger charge is 2.27. The van der Waals surface area contributed by atoms with E-state index in [1.54, 1.807) is 4.90 Å². The lowest BCUT2D eigenvalue weighted by atomic mass is 9.96. The molecule has 3 rings (SSSR count). The number of carboxylic acid groups (broad SMARTS) is 1. The zero-order valence-electron chi connectivity index (χ0n) is 14.8. The number of hydrogen-bond acceptors (Lipinski definition) is 3. The molecule has 1 saturated heterocycles. The minimum absolute atomic E-state index is 0.234. The number of hydrogen-bond donors (Lipinski definition) is 2. The highest BCUT2D eigenvalue weighted by Crippen LogP contribution is 2.20. The van der Waals surface area contributed by atoms with Gasteiger partial charge < -0.3 is 15.3 Å². The van der Waals surface area contributed by atoms with Crippen LogP contribution in [0, 0.1) is 17.6 Å². The van der Waals surface area contributed by atoms with Crippen molar-refractivity contribution >= 4 is 23.5 Å². The number of carbonyl (C=O) groups is 3. The van der Waals surface area contributed by atoms with E-state index in [0.717, 1.165) is 12.1 Å². The molecule has 0 radical (unpaired) electrons. The second kappa shape index (κ2) is 8.16. The molecule has 0 bridgehead atoms. The number of carboxylic acids is 1. The van der Waals surface area contributed by atoms with Crippen LogP contribution in [-0.2, 0) is 4.79 Å². The Hall–Kier alpha value is -3.29. The molecular formula is C20H18F2N2O4. The van der Waals surface area contributed by atoms with E-state index in [1.165, 1.54) is 30.3 Å². The average molecular weight is 388 g/mol. The van der Waals surface area contributed by atoms with Crippen LogP contribution in [-0.4, -0.2) is 40.9 Å². The fraction of sp³-hybridized carbons (Fsp3) is 0.250. The first-order valence-electron chi connectivity index (χ1n) is 8.74. The van der Waals surface area contributed by atoms with Gasteiger partial charge in [0.1, 0.15) is 17.2 Å². The van der Waals surface area contributed by atoms with E-state index in [-0.39, 0.29) is 11.6 Å². The molecule has 1 aliphatic rings. The second-order valence-corrected chi connectivity index (χ2v) is 6.53. The number of anilines is 1. The van der Waals surface area contributed by atoms with Gasteiger partial charge >= 0.3 is 5.97 Å². The van der Waals surface area contributed by atoms with Gasteiger partial charge in [-0.15, -0.1) is 0 Å². The predicted octanol–water partition coefficient (Wildman–Crippen LogP) is 3.15. The van der Waals surface area contributed by atoms with Crippen molar-refractivity contribution in [1.29, 1.82) is 0 Å². The van der Waals surface area contributed by atoms with E-state index in [9.17, 15) is 23.2 Å². The number of nitrogens with zero attached hydrogens (tertiary/aromatic N) is 1.